The quantitative estimate of drug-likeness (QED) is 0.485. The summed E-state index contributed by atoms with van der Waals surface area (Å²) >= 11 is 0. The molecule has 0 aliphatic rings. The van der Waals surface area contributed by atoms with Crippen molar-refractivity contribution in [2.24, 2.45) is 0 Å². The van der Waals surface area contributed by atoms with Crippen molar-refractivity contribution >= 4 is 11.8 Å². The highest BCUT2D eigenvalue weighted by Crippen LogP contribution is 2.12. The first-order valence-corrected chi connectivity index (χ1v) is 5.29. The van der Waals surface area contributed by atoms with Gasteiger partial charge in [-0.05, 0) is 21.0 Å². The summed E-state index contributed by atoms with van der Waals surface area (Å²) in [7, 11) is 3.56. The van der Waals surface area contributed by atoms with Crippen LogP contribution in [-0.4, -0.2) is 47.7 Å². The van der Waals surface area contributed by atoms with E-state index >= 15 is 0 Å². The number of hydrogen-bond acceptors (Lipinski definition) is 6. The lowest BCUT2D eigenvalue weighted by Crippen LogP contribution is -2.34. The van der Waals surface area contributed by atoms with E-state index in [1.54, 1.807) is 25.9 Å². The number of amides is 2. The lowest BCUT2D eigenvalue weighted by atomic mass is 10.2. The van der Waals surface area contributed by atoms with Crippen molar-refractivity contribution in [1.82, 2.24) is 20.9 Å². The largest absolute Gasteiger partial charge is 0.351 e. The number of hydroxylamine groups is 1. The summed E-state index contributed by atoms with van der Waals surface area (Å²) in [5.74, 6) is -1.08. The van der Waals surface area contributed by atoms with Crippen LogP contribution in [0, 0.1) is 0 Å². The van der Waals surface area contributed by atoms with Crippen molar-refractivity contribution in [3.8, 4) is 0 Å². The van der Waals surface area contributed by atoms with Crippen molar-refractivity contribution in [3.05, 3.63) is 17.5 Å². The smallest absolute Gasteiger partial charge is 0.313 e. The fourth-order valence-corrected chi connectivity index (χ4v) is 1.30. The molecule has 2 amide bonds. The van der Waals surface area contributed by atoms with E-state index in [4.69, 9.17) is 9.73 Å². The van der Waals surface area contributed by atoms with Gasteiger partial charge in [0.15, 0.2) is 0 Å². The Balaban J connectivity index is 2.61. The maximum absolute atomic E-state index is 11.5. The fourth-order valence-electron chi connectivity index (χ4n) is 1.30. The lowest BCUT2D eigenvalue weighted by molar-refractivity contribution is -0.122. The van der Waals surface area contributed by atoms with E-state index in [0.717, 1.165) is 0 Å². The molecule has 3 N–H and O–H groups in total. The maximum atomic E-state index is 11.5. The van der Waals surface area contributed by atoms with Gasteiger partial charge in [-0.3, -0.25) is 14.8 Å². The summed E-state index contributed by atoms with van der Waals surface area (Å²) in [5, 5.41) is 14.8. The third kappa shape index (κ3) is 3.82. The number of carbonyl (C=O) groups excluding carboxylic acids is 2. The normalized spacial score (nSPS) is 12.3. The number of nitrogens with one attached hydrogen (secondary N) is 2. The topological polar surface area (TPSA) is 108 Å². The van der Waals surface area contributed by atoms with Crippen LogP contribution in [0.5, 0.6) is 0 Å². The van der Waals surface area contributed by atoms with Crippen molar-refractivity contribution in [2.75, 3.05) is 20.6 Å². The van der Waals surface area contributed by atoms with Crippen LogP contribution < -0.4 is 10.8 Å². The zero-order valence-corrected chi connectivity index (χ0v) is 10.4. The molecule has 0 saturated carbocycles. The molecule has 0 aliphatic heterocycles. The van der Waals surface area contributed by atoms with Gasteiger partial charge < -0.3 is 14.7 Å². The van der Waals surface area contributed by atoms with Crippen LogP contribution in [0.3, 0.4) is 0 Å². The van der Waals surface area contributed by atoms with E-state index < -0.39 is 5.91 Å². The molecule has 18 heavy (non-hydrogen) atoms. The molecule has 1 atom stereocenters. The molecule has 8 heteroatoms. The minimum atomic E-state index is -0.791. The molecule has 100 valence electrons. The Morgan fingerprint density at radius 2 is 2.22 bits per heavy atom. The van der Waals surface area contributed by atoms with Crippen LogP contribution >= 0.6 is 0 Å². The average Bonchev–Trinajstić information content (AvgIpc) is 2.75. The molecular formula is C10H16N4O4. The second-order valence-electron chi connectivity index (χ2n) is 4.08. The number of likely N-dealkylation sites (N-methyl/N-ethyl adjacent to an activating group) is 1. The van der Waals surface area contributed by atoms with Gasteiger partial charge in [0.2, 0.25) is 11.7 Å². The molecule has 1 aromatic rings. The van der Waals surface area contributed by atoms with Gasteiger partial charge in [-0.25, -0.2) is 5.48 Å². The molecule has 0 radical (unpaired) electrons. The maximum Gasteiger partial charge on any atom is 0.313 e. The van der Waals surface area contributed by atoms with Crippen LogP contribution in [0.2, 0.25) is 0 Å². The van der Waals surface area contributed by atoms with Crippen LogP contribution in [0.15, 0.2) is 10.6 Å². The minimum Gasteiger partial charge on any atom is -0.351 e. The first-order valence-electron chi connectivity index (χ1n) is 5.29. The van der Waals surface area contributed by atoms with E-state index in [0.29, 0.717) is 5.69 Å². The van der Waals surface area contributed by atoms with E-state index in [2.05, 4.69) is 10.5 Å². The predicted molar refractivity (Wildman–Crippen MR) is 60.9 cm³/mol. The van der Waals surface area contributed by atoms with E-state index in [-0.39, 0.29) is 24.3 Å². The Morgan fingerprint density at radius 3 is 2.78 bits per heavy atom. The van der Waals surface area contributed by atoms with Crippen LogP contribution in [0.1, 0.15) is 29.2 Å². The summed E-state index contributed by atoms with van der Waals surface area (Å²) in [5.41, 5.74) is 1.84. The van der Waals surface area contributed by atoms with Gasteiger partial charge in [-0.1, -0.05) is 5.16 Å². The summed E-state index contributed by atoms with van der Waals surface area (Å²) in [6.45, 7) is 1.97. The van der Waals surface area contributed by atoms with Crippen molar-refractivity contribution in [1.29, 1.82) is 0 Å². The number of aromatic nitrogens is 1. The predicted octanol–water partition coefficient (Wildman–Crippen LogP) is -0.468. The monoisotopic (exact) mass is 256 g/mol. The Hall–Kier alpha value is -1.93. The molecule has 0 saturated heterocycles. The first kappa shape index (κ1) is 14.1. The molecule has 0 aliphatic carbocycles. The fraction of sp³-hybridized carbons (Fsp3) is 0.500. The van der Waals surface area contributed by atoms with Crippen LogP contribution in [0.4, 0.5) is 0 Å². The molecule has 0 spiro atoms. The summed E-state index contributed by atoms with van der Waals surface area (Å²) in [6, 6.07) is 0.966. The number of carbonyl (C=O) groups is 2. The van der Waals surface area contributed by atoms with Gasteiger partial charge in [0.25, 0.3) is 0 Å². The standard InChI is InChI=1S/C10H16N4O4/c1-6(11-9(15)5-14(2)3)7-4-8(18-13-7)10(16)12-17/h4,6,17H,5H2,1-3H3,(H,11,15)(H,12,16). The van der Waals surface area contributed by atoms with Gasteiger partial charge in [0.05, 0.1) is 12.6 Å². The van der Waals surface area contributed by atoms with Gasteiger partial charge in [-0.2, -0.15) is 0 Å². The van der Waals surface area contributed by atoms with E-state index in [9.17, 15) is 9.59 Å². The zero-order chi connectivity index (χ0) is 13.7. The Labute approximate surface area is 104 Å². The van der Waals surface area contributed by atoms with E-state index in [1.165, 1.54) is 11.5 Å². The lowest BCUT2D eigenvalue weighted by Gasteiger charge is -2.13. The molecule has 0 aromatic carbocycles. The number of hydrogen-bond donors (Lipinski definition) is 3. The van der Waals surface area contributed by atoms with Gasteiger partial charge in [0.1, 0.15) is 5.69 Å². The van der Waals surface area contributed by atoms with Crippen LogP contribution in [0.25, 0.3) is 0 Å². The number of rotatable bonds is 5. The molecule has 1 unspecified atom stereocenters. The highest BCUT2D eigenvalue weighted by molar-refractivity contribution is 5.90. The Kier molecular flexibility index (Phi) is 4.81. The van der Waals surface area contributed by atoms with Crippen molar-refractivity contribution in [3.63, 3.8) is 0 Å². The van der Waals surface area contributed by atoms with Gasteiger partial charge >= 0.3 is 5.91 Å². The molecule has 1 rings (SSSR count). The first-order chi connectivity index (χ1) is 8.43. The minimum absolute atomic E-state index is 0.124. The molecule has 0 fully saturated rings. The second-order valence-corrected chi connectivity index (χ2v) is 4.08. The molecule has 1 heterocycles. The average molecular weight is 256 g/mol. The van der Waals surface area contributed by atoms with Gasteiger partial charge in [0, 0.05) is 6.07 Å². The second kappa shape index (κ2) is 6.12. The molecule has 1 aromatic heterocycles. The highest BCUT2D eigenvalue weighted by Gasteiger charge is 2.17. The highest BCUT2D eigenvalue weighted by atomic mass is 16.5. The molecule has 0 bridgehead atoms. The third-order valence-corrected chi connectivity index (χ3v) is 2.13. The SMILES string of the molecule is CC(NC(=O)CN(C)C)c1cc(C(=O)NO)on1. The van der Waals surface area contributed by atoms with Crippen molar-refractivity contribution in [2.45, 2.75) is 13.0 Å². The summed E-state index contributed by atoms with van der Waals surface area (Å²) in [6.07, 6.45) is 0. The summed E-state index contributed by atoms with van der Waals surface area (Å²) in [4.78, 5) is 24.3. The summed E-state index contributed by atoms with van der Waals surface area (Å²) < 4.78 is 4.72. The molecule has 8 nitrogen and oxygen atoms in total. The van der Waals surface area contributed by atoms with Gasteiger partial charge in [-0.15, -0.1) is 0 Å². The van der Waals surface area contributed by atoms with E-state index in [1.807, 2.05) is 0 Å². The Bertz CT molecular complexity index is 429. The number of nitrogens with zero attached hydrogens (tertiary/aromatic N) is 2. The zero-order valence-electron chi connectivity index (χ0n) is 10.4. The third-order valence-electron chi connectivity index (χ3n) is 2.13. The molecular weight excluding hydrogens is 240 g/mol. The van der Waals surface area contributed by atoms with Crippen molar-refractivity contribution < 1.29 is 19.3 Å². The Morgan fingerprint density at radius 1 is 1.56 bits per heavy atom. The van der Waals surface area contributed by atoms with Crippen LogP contribution in [-0.2, 0) is 4.79 Å².